The van der Waals surface area contributed by atoms with Crippen molar-refractivity contribution in [2.75, 3.05) is 36.5 Å². The molecule has 0 spiro atoms. The fourth-order valence-electron chi connectivity index (χ4n) is 2.50. The number of fused-ring (bicyclic) bond motifs is 1. The Hall–Kier alpha value is -1.26. The SMILES string of the molecule is CCCCOCC(O)CN1c2ccccc2NCC1C. The topological polar surface area (TPSA) is 44.7 Å². The number of aliphatic hydroxyl groups excluding tert-OH is 1. The number of nitrogens with one attached hydrogen (secondary N) is 1. The number of ether oxygens (including phenoxy) is 1. The molecule has 1 heterocycles. The van der Waals surface area contributed by atoms with E-state index in [-0.39, 0.29) is 0 Å². The number of nitrogens with zero attached hydrogens (tertiary/aromatic N) is 1. The monoisotopic (exact) mass is 278 g/mol. The van der Waals surface area contributed by atoms with E-state index in [0.29, 0.717) is 19.2 Å². The molecule has 0 bridgehead atoms. The van der Waals surface area contributed by atoms with Gasteiger partial charge in [-0.05, 0) is 25.5 Å². The summed E-state index contributed by atoms with van der Waals surface area (Å²) in [6.07, 6.45) is 1.73. The third-order valence-electron chi connectivity index (χ3n) is 3.69. The zero-order valence-corrected chi connectivity index (χ0v) is 12.5. The molecule has 112 valence electrons. The van der Waals surface area contributed by atoms with Crippen molar-refractivity contribution in [2.24, 2.45) is 0 Å². The summed E-state index contributed by atoms with van der Waals surface area (Å²) in [7, 11) is 0. The quantitative estimate of drug-likeness (QED) is 0.752. The van der Waals surface area contributed by atoms with Gasteiger partial charge in [0.25, 0.3) is 0 Å². The highest BCUT2D eigenvalue weighted by Crippen LogP contribution is 2.30. The maximum atomic E-state index is 10.2. The summed E-state index contributed by atoms with van der Waals surface area (Å²) in [6.45, 7) is 6.99. The van der Waals surface area contributed by atoms with E-state index in [1.807, 2.05) is 12.1 Å². The Morgan fingerprint density at radius 3 is 3.05 bits per heavy atom. The minimum absolute atomic E-state index is 0.371. The fourth-order valence-corrected chi connectivity index (χ4v) is 2.50. The van der Waals surface area contributed by atoms with Crippen molar-refractivity contribution in [2.45, 2.75) is 38.8 Å². The van der Waals surface area contributed by atoms with Crippen LogP contribution in [0.2, 0.25) is 0 Å². The standard InChI is InChI=1S/C16H26N2O2/c1-3-4-9-20-12-14(19)11-18-13(2)10-17-15-7-5-6-8-16(15)18/h5-8,13-14,17,19H,3-4,9-12H2,1-2H3. The number of anilines is 2. The average molecular weight is 278 g/mol. The van der Waals surface area contributed by atoms with Gasteiger partial charge in [-0.25, -0.2) is 0 Å². The molecule has 2 unspecified atom stereocenters. The predicted octanol–water partition coefficient (Wildman–Crippen LogP) is 2.48. The number of β-amino-alcohol motifs (C(OH)–C–C–N with tert-alkyl or cyclic N) is 1. The number of aliphatic hydroxyl groups is 1. The Morgan fingerprint density at radius 2 is 2.25 bits per heavy atom. The molecule has 2 atom stereocenters. The molecule has 0 radical (unpaired) electrons. The second-order valence-electron chi connectivity index (χ2n) is 5.48. The molecule has 2 N–H and O–H groups in total. The predicted molar refractivity (Wildman–Crippen MR) is 83.5 cm³/mol. The van der Waals surface area contributed by atoms with Crippen LogP contribution in [-0.4, -0.2) is 43.6 Å². The molecule has 0 aromatic heterocycles. The van der Waals surface area contributed by atoms with Gasteiger partial charge in [0.05, 0.1) is 24.1 Å². The first kappa shape index (κ1) is 15.1. The highest BCUT2D eigenvalue weighted by atomic mass is 16.5. The zero-order chi connectivity index (χ0) is 14.4. The molecule has 2 rings (SSSR count). The van der Waals surface area contributed by atoms with E-state index in [4.69, 9.17) is 4.74 Å². The van der Waals surface area contributed by atoms with Gasteiger partial charge < -0.3 is 20.1 Å². The largest absolute Gasteiger partial charge is 0.389 e. The van der Waals surface area contributed by atoms with E-state index in [1.165, 1.54) is 5.69 Å². The van der Waals surface area contributed by atoms with Crippen LogP contribution in [0.25, 0.3) is 0 Å². The Morgan fingerprint density at radius 1 is 1.45 bits per heavy atom. The number of hydrogen-bond donors (Lipinski definition) is 2. The first-order chi connectivity index (χ1) is 9.72. The molecule has 4 nitrogen and oxygen atoms in total. The van der Waals surface area contributed by atoms with Crippen LogP contribution in [0.4, 0.5) is 11.4 Å². The van der Waals surface area contributed by atoms with Gasteiger partial charge in [0.15, 0.2) is 0 Å². The zero-order valence-electron chi connectivity index (χ0n) is 12.5. The molecular formula is C16H26N2O2. The molecule has 0 saturated carbocycles. The first-order valence-electron chi connectivity index (χ1n) is 7.57. The summed E-state index contributed by atoms with van der Waals surface area (Å²) < 4.78 is 5.51. The summed E-state index contributed by atoms with van der Waals surface area (Å²) in [6, 6.07) is 8.62. The van der Waals surface area contributed by atoms with Gasteiger partial charge in [0.1, 0.15) is 0 Å². The summed E-state index contributed by atoms with van der Waals surface area (Å²) in [5, 5.41) is 13.6. The maximum Gasteiger partial charge on any atom is 0.0948 e. The van der Waals surface area contributed by atoms with Gasteiger partial charge in [-0.15, -0.1) is 0 Å². The molecule has 1 aromatic carbocycles. The average Bonchev–Trinajstić information content (AvgIpc) is 2.47. The number of para-hydroxylation sites is 2. The third kappa shape index (κ3) is 3.87. The lowest BCUT2D eigenvalue weighted by molar-refractivity contribution is 0.0385. The van der Waals surface area contributed by atoms with Gasteiger partial charge >= 0.3 is 0 Å². The lowest BCUT2D eigenvalue weighted by atomic mass is 10.1. The van der Waals surface area contributed by atoms with Gasteiger partial charge in [0.2, 0.25) is 0 Å². The smallest absolute Gasteiger partial charge is 0.0948 e. The molecule has 1 aromatic rings. The lowest BCUT2D eigenvalue weighted by Crippen LogP contribution is -2.46. The maximum absolute atomic E-state index is 10.2. The second kappa shape index (κ2) is 7.50. The molecule has 0 amide bonds. The number of unbranched alkanes of at least 4 members (excludes halogenated alkanes) is 1. The van der Waals surface area contributed by atoms with Gasteiger partial charge in [-0.3, -0.25) is 0 Å². The van der Waals surface area contributed by atoms with Crippen LogP contribution in [0.15, 0.2) is 24.3 Å². The van der Waals surface area contributed by atoms with Crippen LogP contribution < -0.4 is 10.2 Å². The summed E-state index contributed by atoms with van der Waals surface area (Å²) >= 11 is 0. The van der Waals surface area contributed by atoms with Crippen molar-refractivity contribution in [3.05, 3.63) is 24.3 Å². The third-order valence-corrected chi connectivity index (χ3v) is 3.69. The number of rotatable bonds is 7. The number of benzene rings is 1. The summed E-state index contributed by atoms with van der Waals surface area (Å²) in [5.74, 6) is 0. The molecule has 4 heteroatoms. The first-order valence-corrected chi connectivity index (χ1v) is 7.57. The molecule has 20 heavy (non-hydrogen) atoms. The highest BCUT2D eigenvalue weighted by molar-refractivity contribution is 5.72. The minimum Gasteiger partial charge on any atom is -0.389 e. The molecule has 0 saturated heterocycles. The van der Waals surface area contributed by atoms with E-state index < -0.39 is 6.10 Å². The second-order valence-corrected chi connectivity index (χ2v) is 5.48. The van der Waals surface area contributed by atoms with E-state index in [1.54, 1.807) is 0 Å². The number of hydrogen-bond acceptors (Lipinski definition) is 4. The molecule has 0 aliphatic carbocycles. The molecule has 1 aliphatic rings. The minimum atomic E-state index is -0.444. The van der Waals surface area contributed by atoms with E-state index in [0.717, 1.165) is 31.7 Å². The fraction of sp³-hybridized carbons (Fsp3) is 0.625. The summed E-state index contributed by atoms with van der Waals surface area (Å²) in [4.78, 5) is 2.26. The normalized spacial score (nSPS) is 19.4. The van der Waals surface area contributed by atoms with Crippen molar-refractivity contribution in [3.8, 4) is 0 Å². The Labute approximate surface area is 121 Å². The van der Waals surface area contributed by atoms with Crippen LogP contribution >= 0.6 is 0 Å². The Bertz CT molecular complexity index is 411. The van der Waals surface area contributed by atoms with Crippen LogP contribution in [0, 0.1) is 0 Å². The van der Waals surface area contributed by atoms with Gasteiger partial charge in [-0.1, -0.05) is 25.5 Å². The summed E-state index contributed by atoms with van der Waals surface area (Å²) in [5.41, 5.74) is 2.31. The van der Waals surface area contributed by atoms with Crippen molar-refractivity contribution in [1.82, 2.24) is 0 Å². The van der Waals surface area contributed by atoms with Crippen molar-refractivity contribution in [3.63, 3.8) is 0 Å². The van der Waals surface area contributed by atoms with Crippen LogP contribution in [0.1, 0.15) is 26.7 Å². The van der Waals surface area contributed by atoms with Crippen LogP contribution in [0.3, 0.4) is 0 Å². The van der Waals surface area contributed by atoms with Gasteiger partial charge in [-0.2, -0.15) is 0 Å². The molecule has 1 aliphatic heterocycles. The van der Waals surface area contributed by atoms with E-state index in [2.05, 4.69) is 36.2 Å². The lowest BCUT2D eigenvalue weighted by Gasteiger charge is -2.38. The highest BCUT2D eigenvalue weighted by Gasteiger charge is 2.24. The molecular weight excluding hydrogens is 252 g/mol. The van der Waals surface area contributed by atoms with Crippen LogP contribution in [-0.2, 0) is 4.74 Å². The van der Waals surface area contributed by atoms with E-state index >= 15 is 0 Å². The van der Waals surface area contributed by atoms with Crippen molar-refractivity contribution >= 4 is 11.4 Å². The van der Waals surface area contributed by atoms with E-state index in [9.17, 15) is 5.11 Å². The van der Waals surface area contributed by atoms with Crippen LogP contribution in [0.5, 0.6) is 0 Å². The van der Waals surface area contributed by atoms with Crippen molar-refractivity contribution in [1.29, 1.82) is 0 Å². The Kier molecular flexibility index (Phi) is 5.68. The van der Waals surface area contributed by atoms with Crippen molar-refractivity contribution < 1.29 is 9.84 Å². The Balaban J connectivity index is 1.91. The molecule has 0 fully saturated rings. The van der Waals surface area contributed by atoms with Gasteiger partial charge in [0, 0.05) is 25.7 Å².